The van der Waals surface area contributed by atoms with Gasteiger partial charge in [-0.15, -0.1) is 0 Å². The first-order chi connectivity index (χ1) is 11.0. The third kappa shape index (κ3) is 4.14. The monoisotopic (exact) mass is 440 g/mol. The molecule has 0 spiro atoms. The maximum absolute atomic E-state index is 12.3. The number of carbonyl (C=O) groups is 1. The highest BCUT2D eigenvalue weighted by Gasteiger charge is 2.13. The smallest absolute Gasteiger partial charge is 0.189 e. The molecule has 0 amide bonds. The van der Waals surface area contributed by atoms with Crippen LogP contribution in [0.4, 0.5) is 0 Å². The highest BCUT2D eigenvalue weighted by atomic mass is 79.9. The third-order valence-electron chi connectivity index (χ3n) is 3.13. The van der Waals surface area contributed by atoms with Gasteiger partial charge in [-0.3, -0.25) is 4.79 Å². The Labute approximate surface area is 151 Å². The first kappa shape index (κ1) is 17.6. The largest absolute Gasteiger partial charge is 0.506 e. The number of ketones is 1. The third-order valence-corrected chi connectivity index (χ3v) is 4.19. The van der Waals surface area contributed by atoms with Gasteiger partial charge in [0.25, 0.3) is 0 Å². The zero-order valence-corrected chi connectivity index (χ0v) is 15.6. The predicted octanol–water partition coefficient (Wildman–Crippen LogP) is 4.83. The van der Waals surface area contributed by atoms with E-state index in [1.807, 2.05) is 6.07 Å². The van der Waals surface area contributed by atoms with Crippen LogP contribution in [0.5, 0.6) is 17.2 Å². The maximum atomic E-state index is 12.3. The molecule has 0 fully saturated rings. The summed E-state index contributed by atoms with van der Waals surface area (Å²) in [7, 11) is 3.11. The fourth-order valence-corrected chi connectivity index (χ4v) is 3.20. The SMILES string of the molecule is COc1ccc(/C=C/C(=O)c2cc(Br)cc(Br)c2O)cc1OC. The number of halogens is 2. The summed E-state index contributed by atoms with van der Waals surface area (Å²) in [6, 6.07) is 8.57. The van der Waals surface area contributed by atoms with Crippen LogP contribution in [0.15, 0.2) is 45.4 Å². The van der Waals surface area contributed by atoms with Gasteiger partial charge in [0.2, 0.25) is 0 Å². The molecule has 120 valence electrons. The molecule has 0 heterocycles. The molecule has 0 aliphatic heterocycles. The number of hydrogen-bond acceptors (Lipinski definition) is 4. The summed E-state index contributed by atoms with van der Waals surface area (Å²) < 4.78 is 11.5. The molecule has 0 aromatic heterocycles. The van der Waals surface area contributed by atoms with E-state index in [0.717, 1.165) is 5.56 Å². The van der Waals surface area contributed by atoms with Crippen LogP contribution in [0.1, 0.15) is 15.9 Å². The van der Waals surface area contributed by atoms with Crippen LogP contribution in [-0.4, -0.2) is 25.1 Å². The van der Waals surface area contributed by atoms with E-state index in [0.29, 0.717) is 20.4 Å². The number of aromatic hydroxyl groups is 1. The van der Waals surface area contributed by atoms with Crippen molar-refractivity contribution in [1.29, 1.82) is 0 Å². The minimum Gasteiger partial charge on any atom is -0.506 e. The van der Waals surface area contributed by atoms with Gasteiger partial charge >= 0.3 is 0 Å². The number of ether oxygens (including phenoxy) is 2. The van der Waals surface area contributed by atoms with E-state index in [9.17, 15) is 9.90 Å². The molecule has 0 saturated heterocycles. The van der Waals surface area contributed by atoms with Gasteiger partial charge in [-0.2, -0.15) is 0 Å². The Kier molecular flexibility index (Phi) is 5.85. The number of benzene rings is 2. The molecule has 0 aliphatic rings. The zero-order valence-electron chi connectivity index (χ0n) is 12.5. The summed E-state index contributed by atoms with van der Waals surface area (Å²) in [5.41, 5.74) is 0.993. The summed E-state index contributed by atoms with van der Waals surface area (Å²) in [6.07, 6.45) is 3.05. The molecule has 0 aliphatic carbocycles. The molecule has 2 aromatic carbocycles. The number of methoxy groups -OCH3 is 2. The number of phenols is 1. The molecular weight excluding hydrogens is 428 g/mol. The molecule has 6 heteroatoms. The van der Waals surface area contributed by atoms with Crippen molar-refractivity contribution in [1.82, 2.24) is 0 Å². The summed E-state index contributed by atoms with van der Waals surface area (Å²) >= 11 is 6.51. The number of phenolic OH excluding ortho intramolecular Hbond substituents is 1. The van der Waals surface area contributed by atoms with Crippen LogP contribution in [0.3, 0.4) is 0 Å². The lowest BCUT2D eigenvalue weighted by molar-refractivity contribution is 0.104. The molecule has 2 rings (SSSR count). The van der Waals surface area contributed by atoms with E-state index in [1.54, 1.807) is 44.6 Å². The second-order valence-corrected chi connectivity index (χ2v) is 6.37. The van der Waals surface area contributed by atoms with Crippen LogP contribution < -0.4 is 9.47 Å². The van der Waals surface area contributed by atoms with Crippen LogP contribution in [0.25, 0.3) is 6.08 Å². The second kappa shape index (κ2) is 7.66. The van der Waals surface area contributed by atoms with E-state index >= 15 is 0 Å². The van der Waals surface area contributed by atoms with E-state index in [4.69, 9.17) is 9.47 Å². The lowest BCUT2D eigenvalue weighted by atomic mass is 10.1. The summed E-state index contributed by atoms with van der Waals surface area (Å²) in [4.78, 5) is 12.3. The lowest BCUT2D eigenvalue weighted by Gasteiger charge is -2.07. The topological polar surface area (TPSA) is 55.8 Å². The van der Waals surface area contributed by atoms with Crippen LogP contribution >= 0.6 is 31.9 Å². The van der Waals surface area contributed by atoms with Crippen molar-refractivity contribution in [3.8, 4) is 17.2 Å². The number of carbonyl (C=O) groups excluding carboxylic acids is 1. The molecule has 0 saturated carbocycles. The Morgan fingerprint density at radius 3 is 2.43 bits per heavy atom. The van der Waals surface area contributed by atoms with Crippen molar-refractivity contribution in [2.75, 3.05) is 14.2 Å². The van der Waals surface area contributed by atoms with Gasteiger partial charge in [0.15, 0.2) is 17.3 Å². The average molecular weight is 442 g/mol. The first-order valence-corrected chi connectivity index (χ1v) is 8.17. The molecule has 23 heavy (non-hydrogen) atoms. The number of allylic oxidation sites excluding steroid dienone is 1. The fourth-order valence-electron chi connectivity index (χ4n) is 1.97. The lowest BCUT2D eigenvalue weighted by Crippen LogP contribution is -1.96. The fraction of sp³-hybridized carbons (Fsp3) is 0.118. The second-order valence-electron chi connectivity index (χ2n) is 4.60. The summed E-state index contributed by atoms with van der Waals surface area (Å²) in [5, 5.41) is 9.98. The molecule has 0 bridgehead atoms. The van der Waals surface area contributed by atoms with Crippen LogP contribution in [0, 0.1) is 0 Å². The predicted molar refractivity (Wildman–Crippen MR) is 96.4 cm³/mol. The number of hydrogen-bond donors (Lipinski definition) is 1. The van der Waals surface area contributed by atoms with Gasteiger partial charge in [-0.05, 0) is 51.8 Å². The van der Waals surface area contributed by atoms with Crippen molar-refractivity contribution in [2.24, 2.45) is 0 Å². The van der Waals surface area contributed by atoms with Crippen molar-refractivity contribution < 1.29 is 19.4 Å². The molecule has 2 aromatic rings. The van der Waals surface area contributed by atoms with Crippen LogP contribution in [0.2, 0.25) is 0 Å². The highest BCUT2D eigenvalue weighted by Crippen LogP contribution is 2.32. The standard InChI is InChI=1S/C17H14Br2O4/c1-22-15-6-4-10(7-16(15)23-2)3-5-14(20)12-8-11(18)9-13(19)17(12)21/h3-9,21H,1-2H3/b5-3+. The molecule has 0 atom stereocenters. The van der Waals surface area contributed by atoms with E-state index in [-0.39, 0.29) is 17.1 Å². The minimum atomic E-state index is -0.306. The molecule has 1 N–H and O–H groups in total. The number of rotatable bonds is 5. The van der Waals surface area contributed by atoms with Gasteiger partial charge < -0.3 is 14.6 Å². The van der Waals surface area contributed by atoms with Gasteiger partial charge in [-0.1, -0.05) is 28.1 Å². The van der Waals surface area contributed by atoms with Crippen molar-refractivity contribution in [2.45, 2.75) is 0 Å². The Balaban J connectivity index is 2.28. The van der Waals surface area contributed by atoms with Crippen molar-refractivity contribution >= 4 is 43.7 Å². The molecule has 0 radical (unpaired) electrons. The van der Waals surface area contributed by atoms with Gasteiger partial charge in [0.05, 0.1) is 24.3 Å². The van der Waals surface area contributed by atoms with E-state index in [1.165, 1.54) is 6.08 Å². The Morgan fingerprint density at radius 2 is 1.78 bits per heavy atom. The zero-order chi connectivity index (χ0) is 17.0. The molecular formula is C17H14Br2O4. The van der Waals surface area contributed by atoms with Gasteiger partial charge in [-0.25, -0.2) is 0 Å². The van der Waals surface area contributed by atoms with E-state index in [2.05, 4.69) is 31.9 Å². The highest BCUT2D eigenvalue weighted by molar-refractivity contribution is 9.11. The van der Waals surface area contributed by atoms with Gasteiger partial charge in [0, 0.05) is 4.47 Å². The van der Waals surface area contributed by atoms with E-state index < -0.39 is 0 Å². The Morgan fingerprint density at radius 1 is 1.09 bits per heavy atom. The van der Waals surface area contributed by atoms with Crippen molar-refractivity contribution in [3.63, 3.8) is 0 Å². The Hall–Kier alpha value is -1.79. The van der Waals surface area contributed by atoms with Gasteiger partial charge in [0.1, 0.15) is 5.75 Å². The normalized spacial score (nSPS) is 10.8. The molecule has 4 nitrogen and oxygen atoms in total. The van der Waals surface area contributed by atoms with Crippen molar-refractivity contribution in [3.05, 3.63) is 56.5 Å². The van der Waals surface area contributed by atoms with Crippen LogP contribution in [-0.2, 0) is 0 Å². The minimum absolute atomic E-state index is 0.0878. The molecule has 0 unspecified atom stereocenters. The summed E-state index contributed by atoms with van der Waals surface area (Å²) in [6.45, 7) is 0. The maximum Gasteiger partial charge on any atom is 0.189 e. The first-order valence-electron chi connectivity index (χ1n) is 6.58. The quantitative estimate of drug-likeness (QED) is 0.533. The summed E-state index contributed by atoms with van der Waals surface area (Å²) in [5.74, 6) is 0.800. The average Bonchev–Trinajstić information content (AvgIpc) is 2.55. The Bertz CT molecular complexity index is 769.